The maximum Gasteiger partial charge on any atom is 0.311 e. The van der Waals surface area contributed by atoms with Gasteiger partial charge in [0.15, 0.2) is 6.61 Å². The summed E-state index contributed by atoms with van der Waals surface area (Å²) in [7, 11) is 1.56. The lowest BCUT2D eigenvalue weighted by Gasteiger charge is -2.16. The predicted octanol–water partition coefficient (Wildman–Crippen LogP) is 3.54. The van der Waals surface area contributed by atoms with Crippen LogP contribution in [-0.4, -0.2) is 38.0 Å². The van der Waals surface area contributed by atoms with Crippen LogP contribution in [-0.2, 0) is 19.1 Å². The van der Waals surface area contributed by atoms with E-state index in [-0.39, 0.29) is 18.9 Å². The summed E-state index contributed by atoms with van der Waals surface area (Å²) in [6.45, 7) is -0.273. The van der Waals surface area contributed by atoms with Gasteiger partial charge in [0, 0.05) is 24.3 Å². The highest BCUT2D eigenvalue weighted by molar-refractivity contribution is 6.42. The number of hydrogen-bond donors (Lipinski definition) is 1. The van der Waals surface area contributed by atoms with Gasteiger partial charge in [-0.1, -0.05) is 23.2 Å². The first-order valence-corrected chi connectivity index (χ1v) is 9.49. The molecule has 1 aliphatic heterocycles. The molecule has 7 nitrogen and oxygen atoms in total. The monoisotopic (exact) mass is 436 g/mol. The van der Waals surface area contributed by atoms with E-state index in [2.05, 4.69) is 5.32 Å². The average molecular weight is 437 g/mol. The molecule has 0 radical (unpaired) electrons. The Balaban J connectivity index is 1.52. The standard InChI is InChI=1S/C20H18Cl2N2O5/c1-28-15-5-3-14(4-6-15)24-10-12(8-19(24)26)20(27)29-11-18(25)23-13-2-7-16(21)17(22)9-13/h2-7,9,12H,8,10-11H2,1H3,(H,23,25)/t12-/m0/s1. The Morgan fingerprint density at radius 1 is 1.14 bits per heavy atom. The molecule has 29 heavy (non-hydrogen) atoms. The zero-order valence-electron chi connectivity index (χ0n) is 15.5. The van der Waals surface area contributed by atoms with Gasteiger partial charge in [0.25, 0.3) is 5.91 Å². The fourth-order valence-electron chi connectivity index (χ4n) is 2.90. The minimum absolute atomic E-state index is 0.0271. The third-order valence-electron chi connectivity index (χ3n) is 4.39. The molecule has 1 atom stereocenters. The molecule has 0 spiro atoms. The molecule has 1 heterocycles. The van der Waals surface area contributed by atoms with Crippen molar-refractivity contribution in [3.8, 4) is 5.75 Å². The van der Waals surface area contributed by atoms with Gasteiger partial charge in [0.2, 0.25) is 5.91 Å². The van der Waals surface area contributed by atoms with E-state index < -0.39 is 24.4 Å². The second kappa shape index (κ2) is 9.15. The van der Waals surface area contributed by atoms with Crippen molar-refractivity contribution in [1.29, 1.82) is 0 Å². The number of methoxy groups -OCH3 is 1. The summed E-state index contributed by atoms with van der Waals surface area (Å²) in [5.74, 6) is -1.27. The lowest BCUT2D eigenvalue weighted by Crippen LogP contribution is -2.28. The number of nitrogens with one attached hydrogen (secondary N) is 1. The number of nitrogens with zero attached hydrogens (tertiary/aromatic N) is 1. The molecule has 1 saturated heterocycles. The van der Waals surface area contributed by atoms with Crippen molar-refractivity contribution in [3.05, 3.63) is 52.5 Å². The van der Waals surface area contributed by atoms with Gasteiger partial charge in [-0.3, -0.25) is 14.4 Å². The van der Waals surface area contributed by atoms with Gasteiger partial charge < -0.3 is 19.7 Å². The topological polar surface area (TPSA) is 84.9 Å². The number of ether oxygens (including phenoxy) is 2. The van der Waals surface area contributed by atoms with Crippen molar-refractivity contribution < 1.29 is 23.9 Å². The molecule has 0 bridgehead atoms. The van der Waals surface area contributed by atoms with Crippen LogP contribution in [0.5, 0.6) is 5.75 Å². The van der Waals surface area contributed by atoms with E-state index in [0.717, 1.165) is 0 Å². The maximum absolute atomic E-state index is 12.3. The van der Waals surface area contributed by atoms with E-state index in [1.54, 1.807) is 43.5 Å². The number of amides is 2. The van der Waals surface area contributed by atoms with E-state index >= 15 is 0 Å². The lowest BCUT2D eigenvalue weighted by molar-refractivity contribution is -0.151. The number of esters is 1. The zero-order chi connectivity index (χ0) is 21.0. The van der Waals surface area contributed by atoms with Crippen molar-refractivity contribution in [2.75, 3.05) is 30.5 Å². The Labute approximate surface area is 177 Å². The molecule has 9 heteroatoms. The summed E-state index contributed by atoms with van der Waals surface area (Å²) >= 11 is 11.7. The molecule has 2 amide bonds. The van der Waals surface area contributed by atoms with Gasteiger partial charge >= 0.3 is 5.97 Å². The molecule has 1 aliphatic rings. The van der Waals surface area contributed by atoms with Gasteiger partial charge in [0.05, 0.1) is 23.1 Å². The van der Waals surface area contributed by atoms with Crippen LogP contribution in [0.1, 0.15) is 6.42 Å². The molecule has 0 aliphatic carbocycles. The Bertz CT molecular complexity index is 933. The average Bonchev–Trinajstić information content (AvgIpc) is 3.11. The Kier molecular flexibility index (Phi) is 6.61. The Morgan fingerprint density at radius 2 is 1.86 bits per heavy atom. The summed E-state index contributed by atoms with van der Waals surface area (Å²) < 4.78 is 10.2. The lowest BCUT2D eigenvalue weighted by atomic mass is 10.1. The minimum Gasteiger partial charge on any atom is -0.497 e. The molecular formula is C20H18Cl2N2O5. The quantitative estimate of drug-likeness (QED) is 0.699. The summed E-state index contributed by atoms with van der Waals surface area (Å²) in [4.78, 5) is 38.1. The predicted molar refractivity (Wildman–Crippen MR) is 110 cm³/mol. The fraction of sp³-hybridized carbons (Fsp3) is 0.250. The number of benzene rings is 2. The number of rotatable bonds is 6. The minimum atomic E-state index is -0.637. The van der Waals surface area contributed by atoms with Gasteiger partial charge in [-0.05, 0) is 42.5 Å². The van der Waals surface area contributed by atoms with Crippen LogP contribution in [0.2, 0.25) is 10.0 Å². The second-order valence-electron chi connectivity index (χ2n) is 6.39. The number of hydrogen-bond acceptors (Lipinski definition) is 5. The fourth-order valence-corrected chi connectivity index (χ4v) is 3.20. The van der Waals surface area contributed by atoms with Gasteiger partial charge in [-0.15, -0.1) is 0 Å². The van der Waals surface area contributed by atoms with Gasteiger partial charge in [-0.25, -0.2) is 0 Å². The smallest absolute Gasteiger partial charge is 0.311 e. The second-order valence-corrected chi connectivity index (χ2v) is 7.20. The van der Waals surface area contributed by atoms with Crippen LogP contribution < -0.4 is 15.0 Å². The highest BCUT2D eigenvalue weighted by Gasteiger charge is 2.36. The zero-order valence-corrected chi connectivity index (χ0v) is 17.0. The Hall–Kier alpha value is -2.77. The SMILES string of the molecule is COc1ccc(N2C[C@@H](C(=O)OCC(=O)Nc3ccc(Cl)c(Cl)c3)CC2=O)cc1. The van der Waals surface area contributed by atoms with Crippen LogP contribution >= 0.6 is 23.2 Å². The summed E-state index contributed by atoms with van der Waals surface area (Å²) in [6.07, 6.45) is 0.0271. The Morgan fingerprint density at radius 3 is 2.52 bits per heavy atom. The van der Waals surface area contributed by atoms with E-state index in [1.807, 2.05) is 0 Å². The van der Waals surface area contributed by atoms with E-state index in [4.69, 9.17) is 32.7 Å². The van der Waals surface area contributed by atoms with Crippen molar-refractivity contribution in [2.24, 2.45) is 5.92 Å². The first-order chi connectivity index (χ1) is 13.9. The van der Waals surface area contributed by atoms with Crippen molar-refractivity contribution in [2.45, 2.75) is 6.42 Å². The molecule has 0 aromatic heterocycles. The van der Waals surface area contributed by atoms with E-state index in [9.17, 15) is 14.4 Å². The summed E-state index contributed by atoms with van der Waals surface area (Å²) in [6, 6.07) is 11.6. The van der Waals surface area contributed by atoms with Crippen molar-refractivity contribution in [3.63, 3.8) is 0 Å². The van der Waals surface area contributed by atoms with E-state index in [1.165, 1.54) is 11.0 Å². The molecule has 1 fully saturated rings. The molecule has 2 aromatic rings. The molecule has 0 saturated carbocycles. The highest BCUT2D eigenvalue weighted by atomic mass is 35.5. The van der Waals surface area contributed by atoms with Crippen LogP contribution in [0.3, 0.4) is 0 Å². The first-order valence-electron chi connectivity index (χ1n) is 8.73. The van der Waals surface area contributed by atoms with Gasteiger partial charge in [0.1, 0.15) is 5.75 Å². The van der Waals surface area contributed by atoms with Crippen LogP contribution in [0, 0.1) is 5.92 Å². The number of halogens is 2. The van der Waals surface area contributed by atoms with Crippen molar-refractivity contribution in [1.82, 2.24) is 0 Å². The maximum atomic E-state index is 12.3. The third-order valence-corrected chi connectivity index (χ3v) is 5.13. The largest absolute Gasteiger partial charge is 0.497 e. The van der Waals surface area contributed by atoms with Crippen LogP contribution in [0.4, 0.5) is 11.4 Å². The summed E-state index contributed by atoms with van der Waals surface area (Å²) in [5, 5.41) is 3.22. The molecule has 152 valence electrons. The summed E-state index contributed by atoms with van der Waals surface area (Å²) in [5.41, 5.74) is 1.10. The van der Waals surface area contributed by atoms with Crippen molar-refractivity contribution >= 4 is 52.4 Å². The third kappa shape index (κ3) is 5.19. The molecule has 0 unspecified atom stereocenters. The normalized spacial score (nSPS) is 15.9. The molecule has 1 N–H and O–H groups in total. The van der Waals surface area contributed by atoms with E-state index in [0.29, 0.717) is 27.2 Å². The molecular weight excluding hydrogens is 419 g/mol. The van der Waals surface area contributed by atoms with Crippen LogP contribution in [0.25, 0.3) is 0 Å². The molecule has 2 aromatic carbocycles. The number of carbonyl (C=O) groups excluding carboxylic acids is 3. The highest BCUT2D eigenvalue weighted by Crippen LogP contribution is 2.28. The first kappa shape index (κ1) is 21.0. The number of carbonyl (C=O) groups is 3. The van der Waals surface area contributed by atoms with Crippen LogP contribution in [0.15, 0.2) is 42.5 Å². The number of anilines is 2. The van der Waals surface area contributed by atoms with Gasteiger partial charge in [-0.2, -0.15) is 0 Å². The molecule has 3 rings (SSSR count).